The van der Waals surface area contributed by atoms with E-state index < -0.39 is 0 Å². The van der Waals surface area contributed by atoms with Gasteiger partial charge in [0.05, 0.1) is 6.61 Å². The second-order valence-corrected chi connectivity index (χ2v) is 4.69. The molecule has 0 saturated heterocycles. The summed E-state index contributed by atoms with van der Waals surface area (Å²) >= 11 is 0. The van der Waals surface area contributed by atoms with Crippen LogP contribution in [0.2, 0.25) is 0 Å². The molecule has 1 N–H and O–H groups in total. The van der Waals surface area contributed by atoms with Gasteiger partial charge >= 0.3 is 0 Å². The van der Waals surface area contributed by atoms with Gasteiger partial charge in [-0.2, -0.15) is 0 Å². The Morgan fingerprint density at radius 3 is 2.24 bits per heavy atom. The smallest absolute Gasteiger partial charge is 0.119 e. The normalized spacial score (nSPS) is 10.5. The molecule has 0 atom stereocenters. The van der Waals surface area contributed by atoms with Gasteiger partial charge in [0, 0.05) is 0 Å². The molecule has 0 spiro atoms. The highest BCUT2D eigenvalue weighted by atomic mass is 16.5. The van der Waals surface area contributed by atoms with E-state index >= 15 is 0 Å². The molecule has 0 saturated carbocycles. The van der Waals surface area contributed by atoms with Crippen LogP contribution in [0.4, 0.5) is 0 Å². The van der Waals surface area contributed by atoms with Crippen molar-refractivity contribution < 1.29 is 4.74 Å². The molecule has 0 radical (unpaired) electrons. The van der Waals surface area contributed by atoms with Crippen LogP contribution in [0.15, 0.2) is 18.2 Å². The molecule has 1 aromatic rings. The fourth-order valence-electron chi connectivity index (χ4n) is 1.96. The molecule has 1 rings (SSSR count). The van der Waals surface area contributed by atoms with Gasteiger partial charge in [-0.15, -0.1) is 0 Å². The van der Waals surface area contributed by atoms with Gasteiger partial charge in [0.15, 0.2) is 0 Å². The van der Waals surface area contributed by atoms with Crippen LogP contribution in [-0.4, -0.2) is 20.2 Å². The molecule has 96 valence electrons. The monoisotopic (exact) mass is 235 g/mol. The fourth-order valence-corrected chi connectivity index (χ4v) is 1.96. The molecule has 0 unspecified atom stereocenters. The first-order valence-electron chi connectivity index (χ1n) is 6.58. The van der Waals surface area contributed by atoms with Gasteiger partial charge in [-0.25, -0.2) is 0 Å². The summed E-state index contributed by atoms with van der Waals surface area (Å²) in [4.78, 5) is 0. The number of unbranched alkanes of at least 4 members (excludes halogenated alkanes) is 3. The number of hydrogen-bond acceptors (Lipinski definition) is 2. The van der Waals surface area contributed by atoms with Crippen molar-refractivity contribution in [1.29, 1.82) is 0 Å². The van der Waals surface area contributed by atoms with Crippen molar-refractivity contribution in [2.24, 2.45) is 0 Å². The quantitative estimate of drug-likeness (QED) is 0.697. The van der Waals surface area contributed by atoms with Gasteiger partial charge in [-0.3, -0.25) is 0 Å². The molecule has 1 aromatic carbocycles. The van der Waals surface area contributed by atoms with E-state index in [1.54, 1.807) is 0 Å². The molecule has 2 nitrogen and oxygen atoms in total. The molecule has 0 aromatic heterocycles. The lowest BCUT2D eigenvalue weighted by Crippen LogP contribution is -2.07. The second kappa shape index (κ2) is 8.13. The summed E-state index contributed by atoms with van der Waals surface area (Å²) in [5.41, 5.74) is 2.54. The number of benzene rings is 1. The van der Waals surface area contributed by atoms with E-state index in [1.807, 2.05) is 7.05 Å². The summed E-state index contributed by atoms with van der Waals surface area (Å²) < 4.78 is 5.76. The lowest BCUT2D eigenvalue weighted by Gasteiger charge is -2.08. The van der Waals surface area contributed by atoms with Crippen molar-refractivity contribution in [2.75, 3.05) is 20.2 Å². The molecule has 0 fully saturated rings. The van der Waals surface area contributed by atoms with Crippen molar-refractivity contribution in [2.45, 2.75) is 39.5 Å². The van der Waals surface area contributed by atoms with Crippen molar-refractivity contribution in [1.82, 2.24) is 5.32 Å². The highest BCUT2D eigenvalue weighted by molar-refractivity contribution is 5.32. The third-order valence-electron chi connectivity index (χ3n) is 2.79. The topological polar surface area (TPSA) is 21.3 Å². The number of rotatable bonds is 8. The predicted molar refractivity (Wildman–Crippen MR) is 73.8 cm³/mol. The Morgan fingerprint density at radius 2 is 1.59 bits per heavy atom. The van der Waals surface area contributed by atoms with Gasteiger partial charge < -0.3 is 10.1 Å². The van der Waals surface area contributed by atoms with Crippen LogP contribution in [0, 0.1) is 13.8 Å². The average Bonchev–Trinajstić information content (AvgIpc) is 2.26. The zero-order valence-corrected chi connectivity index (χ0v) is 11.4. The summed E-state index contributed by atoms with van der Waals surface area (Å²) in [7, 11) is 2.00. The molecule has 0 amide bonds. The van der Waals surface area contributed by atoms with Crippen molar-refractivity contribution in [3.63, 3.8) is 0 Å². The minimum Gasteiger partial charge on any atom is -0.494 e. The van der Waals surface area contributed by atoms with E-state index in [2.05, 4.69) is 37.4 Å². The maximum absolute atomic E-state index is 5.76. The maximum Gasteiger partial charge on any atom is 0.119 e. The summed E-state index contributed by atoms with van der Waals surface area (Å²) in [5.74, 6) is 1.01. The largest absolute Gasteiger partial charge is 0.494 e. The molecular formula is C15H25NO. The van der Waals surface area contributed by atoms with E-state index in [-0.39, 0.29) is 0 Å². The van der Waals surface area contributed by atoms with Gasteiger partial charge in [-0.05, 0) is 63.5 Å². The molecular weight excluding hydrogens is 210 g/mol. The zero-order chi connectivity index (χ0) is 12.5. The zero-order valence-electron chi connectivity index (χ0n) is 11.4. The first-order chi connectivity index (χ1) is 8.22. The number of aryl methyl sites for hydroxylation is 2. The van der Waals surface area contributed by atoms with Gasteiger partial charge in [0.25, 0.3) is 0 Å². The lowest BCUT2D eigenvalue weighted by molar-refractivity contribution is 0.304. The molecule has 0 bridgehead atoms. The van der Waals surface area contributed by atoms with Crippen LogP contribution in [0.25, 0.3) is 0 Å². The van der Waals surface area contributed by atoms with Gasteiger partial charge in [-0.1, -0.05) is 18.9 Å². The number of hydrogen-bond donors (Lipinski definition) is 1. The van der Waals surface area contributed by atoms with E-state index in [4.69, 9.17) is 4.74 Å². The summed E-state index contributed by atoms with van der Waals surface area (Å²) in [6.07, 6.45) is 4.96. The number of ether oxygens (including phenoxy) is 1. The standard InChI is InChI=1S/C15H25NO/c1-13-10-14(2)12-15(11-13)17-9-7-5-4-6-8-16-3/h10-12,16H,4-9H2,1-3H3. The summed E-state index contributed by atoms with van der Waals surface area (Å²) in [6.45, 7) is 6.18. The Labute approximate surface area is 105 Å². The highest BCUT2D eigenvalue weighted by Crippen LogP contribution is 2.16. The van der Waals surface area contributed by atoms with Crippen molar-refractivity contribution in [3.8, 4) is 5.75 Å². The first-order valence-corrected chi connectivity index (χ1v) is 6.58. The van der Waals surface area contributed by atoms with Crippen LogP contribution in [0.3, 0.4) is 0 Å². The maximum atomic E-state index is 5.76. The third-order valence-corrected chi connectivity index (χ3v) is 2.79. The lowest BCUT2D eigenvalue weighted by atomic mass is 10.1. The Morgan fingerprint density at radius 1 is 0.941 bits per heavy atom. The minimum absolute atomic E-state index is 0.836. The third kappa shape index (κ3) is 6.32. The molecule has 0 aliphatic heterocycles. The Bertz CT molecular complexity index is 302. The Balaban J connectivity index is 2.13. The van der Waals surface area contributed by atoms with Crippen molar-refractivity contribution >= 4 is 0 Å². The van der Waals surface area contributed by atoms with E-state index in [1.165, 1.54) is 30.4 Å². The fraction of sp³-hybridized carbons (Fsp3) is 0.600. The number of nitrogens with one attached hydrogen (secondary N) is 1. The van der Waals surface area contributed by atoms with E-state index in [0.717, 1.165) is 25.3 Å². The summed E-state index contributed by atoms with van der Waals surface area (Å²) in [5, 5.41) is 3.17. The van der Waals surface area contributed by atoms with Gasteiger partial charge in [0.1, 0.15) is 5.75 Å². The molecule has 0 aliphatic rings. The van der Waals surface area contributed by atoms with Crippen LogP contribution in [0.5, 0.6) is 5.75 Å². The van der Waals surface area contributed by atoms with Crippen LogP contribution < -0.4 is 10.1 Å². The molecule has 0 heterocycles. The molecule has 0 aliphatic carbocycles. The predicted octanol–water partition coefficient (Wildman–Crippen LogP) is 3.46. The van der Waals surface area contributed by atoms with E-state index in [0.29, 0.717) is 0 Å². The molecule has 2 heteroatoms. The van der Waals surface area contributed by atoms with Crippen LogP contribution >= 0.6 is 0 Å². The Kier molecular flexibility index (Phi) is 6.71. The van der Waals surface area contributed by atoms with Crippen molar-refractivity contribution in [3.05, 3.63) is 29.3 Å². The first kappa shape index (κ1) is 14.0. The summed E-state index contributed by atoms with van der Waals surface area (Å²) in [6, 6.07) is 6.38. The Hall–Kier alpha value is -1.02. The van der Waals surface area contributed by atoms with Crippen LogP contribution in [-0.2, 0) is 0 Å². The second-order valence-electron chi connectivity index (χ2n) is 4.69. The van der Waals surface area contributed by atoms with Gasteiger partial charge in [0.2, 0.25) is 0 Å². The van der Waals surface area contributed by atoms with Crippen LogP contribution in [0.1, 0.15) is 36.8 Å². The SMILES string of the molecule is CNCCCCCCOc1cc(C)cc(C)c1. The van der Waals surface area contributed by atoms with E-state index in [9.17, 15) is 0 Å². The average molecular weight is 235 g/mol. The molecule has 17 heavy (non-hydrogen) atoms. The highest BCUT2D eigenvalue weighted by Gasteiger charge is 1.97. The minimum atomic E-state index is 0.836.